The molecule has 1 aromatic heterocycles. The molecule has 2 N–H and O–H groups in total. The van der Waals surface area contributed by atoms with Gasteiger partial charge in [0, 0.05) is 31.2 Å². The van der Waals surface area contributed by atoms with E-state index in [0.29, 0.717) is 12.5 Å². The molecule has 0 radical (unpaired) electrons. The van der Waals surface area contributed by atoms with E-state index in [9.17, 15) is 0 Å². The van der Waals surface area contributed by atoms with E-state index in [0.717, 1.165) is 18.8 Å². The topological polar surface area (TPSA) is 47.1 Å². The summed E-state index contributed by atoms with van der Waals surface area (Å²) < 4.78 is 2.47. The van der Waals surface area contributed by atoms with Gasteiger partial charge in [0.05, 0.1) is 5.69 Å². The number of aromatic nitrogens is 2. The summed E-state index contributed by atoms with van der Waals surface area (Å²) in [6, 6.07) is 0. The number of nitrogens with zero attached hydrogens (tertiary/aromatic N) is 3. The first-order chi connectivity index (χ1) is 8.29. The highest BCUT2D eigenvalue weighted by Crippen LogP contribution is 2.30. The lowest BCUT2D eigenvalue weighted by Gasteiger charge is -2.19. The molecule has 3 heterocycles. The van der Waals surface area contributed by atoms with E-state index >= 15 is 0 Å². The van der Waals surface area contributed by atoms with Crippen LogP contribution in [0.1, 0.15) is 42.4 Å². The molecule has 1 atom stereocenters. The monoisotopic (exact) mass is 234 g/mol. The van der Waals surface area contributed by atoms with Gasteiger partial charge in [0.2, 0.25) is 0 Å². The highest BCUT2D eigenvalue weighted by atomic mass is 15.2. The van der Waals surface area contributed by atoms with Gasteiger partial charge in [0.1, 0.15) is 5.82 Å². The molecule has 0 aliphatic carbocycles. The Kier molecular flexibility index (Phi) is 2.92. The number of nitrogens with two attached hydrogens (primary N) is 1. The number of likely N-dealkylation sites (tertiary alicyclic amines) is 1. The van der Waals surface area contributed by atoms with Crippen molar-refractivity contribution in [1.29, 1.82) is 0 Å². The summed E-state index contributed by atoms with van der Waals surface area (Å²) in [5.74, 6) is 1.93. The van der Waals surface area contributed by atoms with Gasteiger partial charge in [-0.25, -0.2) is 4.98 Å². The Hall–Kier alpha value is -0.870. The van der Waals surface area contributed by atoms with Crippen LogP contribution in [0.2, 0.25) is 0 Å². The molecule has 0 spiro atoms. The zero-order valence-electron chi connectivity index (χ0n) is 10.7. The first-order valence-corrected chi connectivity index (χ1v) is 6.76. The maximum atomic E-state index is 5.83. The maximum absolute atomic E-state index is 5.83. The largest absolute Gasteiger partial charge is 0.331 e. The Bertz CT molecular complexity index is 410. The minimum absolute atomic E-state index is 0.595. The number of hydrogen-bond acceptors (Lipinski definition) is 3. The molecule has 17 heavy (non-hydrogen) atoms. The second-order valence-corrected chi connectivity index (χ2v) is 5.42. The standard InChI is InChI=1S/C13H22N4/c1-16-7-5-10(9-16)13-15-11(8-14)12-4-2-3-6-17(12)13/h10H,2-9,14H2,1H3. The van der Waals surface area contributed by atoms with Crippen LogP contribution in [0.25, 0.3) is 0 Å². The Labute approximate surface area is 103 Å². The lowest BCUT2D eigenvalue weighted by atomic mass is 10.1. The van der Waals surface area contributed by atoms with E-state index in [2.05, 4.69) is 16.5 Å². The van der Waals surface area contributed by atoms with Crippen LogP contribution >= 0.6 is 0 Å². The number of imidazole rings is 1. The van der Waals surface area contributed by atoms with Gasteiger partial charge in [0.25, 0.3) is 0 Å². The predicted octanol–water partition coefficient (Wildman–Crippen LogP) is 1.10. The fraction of sp³-hybridized carbons (Fsp3) is 0.769. The van der Waals surface area contributed by atoms with Crippen molar-refractivity contribution in [1.82, 2.24) is 14.5 Å². The fourth-order valence-corrected chi connectivity index (χ4v) is 3.27. The molecule has 0 amide bonds. The van der Waals surface area contributed by atoms with Crippen LogP contribution in [0.3, 0.4) is 0 Å². The first kappa shape index (κ1) is 11.2. The van der Waals surface area contributed by atoms with Gasteiger partial charge in [0.15, 0.2) is 0 Å². The van der Waals surface area contributed by atoms with Crippen molar-refractivity contribution < 1.29 is 0 Å². The van der Waals surface area contributed by atoms with E-state index in [1.165, 1.54) is 43.7 Å². The molecule has 1 unspecified atom stereocenters. The molecule has 3 rings (SSSR count). The van der Waals surface area contributed by atoms with Crippen molar-refractivity contribution in [2.24, 2.45) is 5.73 Å². The second-order valence-electron chi connectivity index (χ2n) is 5.42. The highest BCUT2D eigenvalue weighted by molar-refractivity contribution is 5.22. The highest BCUT2D eigenvalue weighted by Gasteiger charge is 2.28. The van der Waals surface area contributed by atoms with Gasteiger partial charge < -0.3 is 15.2 Å². The molecule has 1 aromatic rings. The Morgan fingerprint density at radius 1 is 1.35 bits per heavy atom. The second kappa shape index (κ2) is 4.42. The molecule has 1 fully saturated rings. The van der Waals surface area contributed by atoms with Crippen molar-refractivity contribution in [3.8, 4) is 0 Å². The Morgan fingerprint density at radius 3 is 2.94 bits per heavy atom. The van der Waals surface area contributed by atoms with Crippen LogP contribution in [-0.2, 0) is 19.5 Å². The lowest BCUT2D eigenvalue weighted by molar-refractivity contribution is 0.405. The van der Waals surface area contributed by atoms with Gasteiger partial charge in [-0.2, -0.15) is 0 Å². The summed E-state index contributed by atoms with van der Waals surface area (Å²) in [5.41, 5.74) is 8.39. The molecule has 1 saturated heterocycles. The first-order valence-electron chi connectivity index (χ1n) is 6.76. The minimum atomic E-state index is 0.595. The quantitative estimate of drug-likeness (QED) is 0.833. The SMILES string of the molecule is CN1CCC(c2nc(CN)c3n2CCCC3)C1. The number of rotatable bonds is 2. The van der Waals surface area contributed by atoms with Crippen LogP contribution in [0.4, 0.5) is 0 Å². The van der Waals surface area contributed by atoms with Crippen molar-refractivity contribution in [3.63, 3.8) is 0 Å². The normalized spacial score (nSPS) is 25.2. The smallest absolute Gasteiger partial charge is 0.113 e. The minimum Gasteiger partial charge on any atom is -0.331 e. The lowest BCUT2D eigenvalue weighted by Crippen LogP contribution is -2.18. The average molecular weight is 234 g/mol. The third kappa shape index (κ3) is 1.89. The maximum Gasteiger partial charge on any atom is 0.113 e. The van der Waals surface area contributed by atoms with Gasteiger partial charge >= 0.3 is 0 Å². The van der Waals surface area contributed by atoms with Crippen LogP contribution in [0.5, 0.6) is 0 Å². The van der Waals surface area contributed by atoms with Crippen LogP contribution < -0.4 is 5.73 Å². The van der Waals surface area contributed by atoms with E-state index in [-0.39, 0.29) is 0 Å². The van der Waals surface area contributed by atoms with Gasteiger partial charge in [-0.15, -0.1) is 0 Å². The van der Waals surface area contributed by atoms with Gasteiger partial charge in [-0.05, 0) is 39.3 Å². The van der Waals surface area contributed by atoms with E-state index < -0.39 is 0 Å². The third-order valence-corrected chi connectivity index (χ3v) is 4.18. The third-order valence-electron chi connectivity index (χ3n) is 4.18. The van der Waals surface area contributed by atoms with Crippen molar-refractivity contribution >= 4 is 0 Å². The fourth-order valence-electron chi connectivity index (χ4n) is 3.27. The summed E-state index contributed by atoms with van der Waals surface area (Å²) in [6.07, 6.45) is 5.00. The van der Waals surface area contributed by atoms with Crippen LogP contribution in [0.15, 0.2) is 0 Å². The van der Waals surface area contributed by atoms with E-state index in [1.54, 1.807) is 0 Å². The molecular weight excluding hydrogens is 212 g/mol. The molecule has 0 aromatic carbocycles. The zero-order chi connectivity index (χ0) is 11.8. The summed E-state index contributed by atoms with van der Waals surface area (Å²) in [4.78, 5) is 7.24. The van der Waals surface area contributed by atoms with Crippen molar-refractivity contribution in [2.75, 3.05) is 20.1 Å². The molecule has 0 bridgehead atoms. The Morgan fingerprint density at radius 2 is 2.24 bits per heavy atom. The Balaban J connectivity index is 1.96. The average Bonchev–Trinajstić information content (AvgIpc) is 2.92. The molecule has 0 saturated carbocycles. The van der Waals surface area contributed by atoms with Gasteiger partial charge in [-0.3, -0.25) is 0 Å². The molecule has 94 valence electrons. The summed E-state index contributed by atoms with van der Waals surface area (Å²) >= 11 is 0. The number of likely N-dealkylation sites (N-methyl/N-ethyl adjacent to an activating group) is 1. The van der Waals surface area contributed by atoms with Gasteiger partial charge in [-0.1, -0.05) is 0 Å². The van der Waals surface area contributed by atoms with Crippen LogP contribution in [0, 0.1) is 0 Å². The number of fused-ring (bicyclic) bond motifs is 1. The van der Waals surface area contributed by atoms with Crippen molar-refractivity contribution in [3.05, 3.63) is 17.2 Å². The zero-order valence-corrected chi connectivity index (χ0v) is 10.7. The van der Waals surface area contributed by atoms with Crippen molar-refractivity contribution in [2.45, 2.75) is 44.7 Å². The molecule has 4 heteroatoms. The molecule has 2 aliphatic heterocycles. The predicted molar refractivity (Wildman–Crippen MR) is 67.9 cm³/mol. The number of hydrogen-bond donors (Lipinski definition) is 1. The molecule has 2 aliphatic rings. The molecule has 4 nitrogen and oxygen atoms in total. The van der Waals surface area contributed by atoms with Crippen LogP contribution in [-0.4, -0.2) is 34.6 Å². The molecular formula is C13H22N4. The van der Waals surface area contributed by atoms with E-state index in [4.69, 9.17) is 10.7 Å². The summed E-state index contributed by atoms with van der Waals surface area (Å²) in [6.45, 7) is 4.10. The summed E-state index contributed by atoms with van der Waals surface area (Å²) in [7, 11) is 2.20. The summed E-state index contributed by atoms with van der Waals surface area (Å²) in [5, 5.41) is 0. The van der Waals surface area contributed by atoms with E-state index in [1.807, 2.05) is 0 Å².